The van der Waals surface area contributed by atoms with E-state index < -0.39 is 10.0 Å². The van der Waals surface area contributed by atoms with Gasteiger partial charge in [-0.3, -0.25) is 0 Å². The summed E-state index contributed by atoms with van der Waals surface area (Å²) in [7, 11) is -0.430. The first kappa shape index (κ1) is 20.7. The highest BCUT2D eigenvalue weighted by Crippen LogP contribution is 2.18. The second-order valence-electron chi connectivity index (χ2n) is 7.27. The van der Waals surface area contributed by atoms with E-state index in [1.807, 2.05) is 12.1 Å². The van der Waals surface area contributed by atoms with Crippen LogP contribution >= 0.6 is 12.2 Å². The molecule has 0 amide bonds. The van der Waals surface area contributed by atoms with Crippen LogP contribution in [0.15, 0.2) is 59.5 Å². The molecule has 1 saturated heterocycles. The first-order valence-electron chi connectivity index (χ1n) is 9.32. The molecule has 3 rings (SSSR count). The third-order valence-corrected chi connectivity index (χ3v) is 6.92. The van der Waals surface area contributed by atoms with Gasteiger partial charge in [-0.05, 0) is 30.4 Å². The molecule has 3 N–H and O–H groups in total. The third kappa shape index (κ3) is 5.29. The van der Waals surface area contributed by atoms with Gasteiger partial charge in [-0.15, -0.1) is 0 Å². The molecule has 1 fully saturated rings. The Hall–Kier alpha value is -2.00. The molecule has 2 aromatic rings. The zero-order valence-electron chi connectivity index (χ0n) is 16.2. The molecule has 1 unspecified atom stereocenters. The van der Waals surface area contributed by atoms with E-state index in [0.29, 0.717) is 16.8 Å². The second kappa shape index (κ2) is 9.00. The van der Waals surface area contributed by atoms with Crippen molar-refractivity contribution in [1.82, 2.24) is 9.62 Å². The summed E-state index contributed by atoms with van der Waals surface area (Å²) in [6, 6.07) is 17.5. The zero-order chi connectivity index (χ0) is 20.1. The lowest BCUT2D eigenvalue weighted by molar-refractivity contribution is -0.901. The van der Waals surface area contributed by atoms with Crippen LogP contribution in [0.3, 0.4) is 0 Å². The van der Waals surface area contributed by atoms with Crippen molar-refractivity contribution in [2.24, 2.45) is 0 Å². The fourth-order valence-corrected chi connectivity index (χ4v) is 4.63. The molecule has 0 aliphatic carbocycles. The molecule has 0 saturated carbocycles. The molecular weight excluding hydrogens is 392 g/mol. The number of rotatable bonds is 6. The largest absolute Gasteiger partial charge is 0.354 e. The van der Waals surface area contributed by atoms with E-state index in [0.717, 1.165) is 26.1 Å². The van der Waals surface area contributed by atoms with Crippen LogP contribution in [-0.4, -0.2) is 51.1 Å². The number of likely N-dealkylation sites (tertiary alicyclic amines) is 1. The van der Waals surface area contributed by atoms with E-state index in [4.69, 9.17) is 12.2 Å². The quantitative estimate of drug-likeness (QED) is 0.612. The lowest BCUT2D eigenvalue weighted by atomic mass is 10.2. The highest BCUT2D eigenvalue weighted by molar-refractivity contribution is 7.89. The van der Waals surface area contributed by atoms with Gasteiger partial charge in [0.25, 0.3) is 0 Å². The Morgan fingerprint density at radius 1 is 1.18 bits per heavy atom. The summed E-state index contributed by atoms with van der Waals surface area (Å²) >= 11 is 5.44. The minimum absolute atomic E-state index is 0.240. The van der Waals surface area contributed by atoms with Gasteiger partial charge in [-0.25, -0.2) is 12.7 Å². The van der Waals surface area contributed by atoms with E-state index in [9.17, 15) is 8.42 Å². The van der Waals surface area contributed by atoms with E-state index >= 15 is 0 Å². The Balaban J connectivity index is 1.54. The number of hydrogen-bond donors (Lipinski definition) is 3. The predicted octanol–water partition coefficient (Wildman–Crippen LogP) is 1.08. The summed E-state index contributed by atoms with van der Waals surface area (Å²) in [5.74, 6) is 0. The molecule has 28 heavy (non-hydrogen) atoms. The van der Waals surface area contributed by atoms with E-state index in [2.05, 4.69) is 34.9 Å². The first-order valence-corrected chi connectivity index (χ1v) is 11.2. The van der Waals surface area contributed by atoms with Crippen molar-refractivity contribution < 1.29 is 13.3 Å². The van der Waals surface area contributed by atoms with Crippen LogP contribution in [0.4, 0.5) is 5.69 Å². The Bertz CT molecular complexity index is 917. The molecular formula is C20H27N4O2S2+. The standard InChI is InChI=1S/C20H26N4O2S2/c1-23(2)28(25,26)19-10-6-9-17(13-19)21-20(27)22-18-11-12-24(15-18)14-16-7-4-3-5-8-16/h3-10,13,18H,11-12,14-15H2,1-2H3,(H2,21,22,27)/p+1/t18-/m1/s1. The number of nitrogens with one attached hydrogen (secondary N) is 3. The Labute approximate surface area is 172 Å². The molecule has 0 bridgehead atoms. The number of quaternary nitrogens is 1. The maximum absolute atomic E-state index is 12.3. The lowest BCUT2D eigenvalue weighted by Gasteiger charge is -2.17. The minimum atomic E-state index is -3.47. The number of nitrogens with zero attached hydrogens (tertiary/aromatic N) is 1. The smallest absolute Gasteiger partial charge is 0.242 e. The predicted molar refractivity (Wildman–Crippen MR) is 116 cm³/mol. The monoisotopic (exact) mass is 419 g/mol. The Morgan fingerprint density at radius 2 is 1.93 bits per heavy atom. The van der Waals surface area contributed by atoms with E-state index in [-0.39, 0.29) is 4.90 Å². The molecule has 1 aliphatic rings. The summed E-state index contributed by atoms with van der Waals surface area (Å²) in [5.41, 5.74) is 2.00. The van der Waals surface area contributed by atoms with Gasteiger partial charge in [0.2, 0.25) is 10.0 Å². The maximum atomic E-state index is 12.3. The number of benzene rings is 2. The van der Waals surface area contributed by atoms with Crippen molar-refractivity contribution in [1.29, 1.82) is 0 Å². The number of sulfonamides is 1. The summed E-state index contributed by atoms with van der Waals surface area (Å²) in [5, 5.41) is 7.00. The molecule has 0 radical (unpaired) electrons. The van der Waals surface area contributed by atoms with Gasteiger partial charge >= 0.3 is 0 Å². The Kier molecular flexibility index (Phi) is 6.66. The van der Waals surface area contributed by atoms with Crippen molar-refractivity contribution in [2.45, 2.75) is 23.9 Å². The maximum Gasteiger partial charge on any atom is 0.242 e. The van der Waals surface area contributed by atoms with Crippen molar-refractivity contribution in [3.05, 3.63) is 60.2 Å². The van der Waals surface area contributed by atoms with Crippen LogP contribution in [0, 0.1) is 0 Å². The molecule has 1 aliphatic heterocycles. The van der Waals surface area contributed by atoms with Gasteiger partial charge in [-0.1, -0.05) is 36.4 Å². The third-order valence-electron chi connectivity index (χ3n) is 4.88. The molecule has 6 nitrogen and oxygen atoms in total. The lowest BCUT2D eigenvalue weighted by Crippen LogP contribution is -3.09. The van der Waals surface area contributed by atoms with Crippen molar-refractivity contribution >= 4 is 33.0 Å². The average Bonchev–Trinajstić information content (AvgIpc) is 3.09. The van der Waals surface area contributed by atoms with E-state index in [1.54, 1.807) is 18.2 Å². The second-order valence-corrected chi connectivity index (χ2v) is 9.83. The van der Waals surface area contributed by atoms with Gasteiger partial charge in [0.1, 0.15) is 6.54 Å². The van der Waals surface area contributed by atoms with Crippen LogP contribution < -0.4 is 15.5 Å². The van der Waals surface area contributed by atoms with Crippen LogP contribution in [0.25, 0.3) is 0 Å². The summed E-state index contributed by atoms with van der Waals surface area (Å²) in [4.78, 5) is 1.77. The Morgan fingerprint density at radius 3 is 2.64 bits per heavy atom. The number of hydrogen-bond acceptors (Lipinski definition) is 3. The molecule has 0 aromatic heterocycles. The fourth-order valence-electron chi connectivity index (χ4n) is 3.40. The van der Waals surface area contributed by atoms with Crippen LogP contribution in [0.5, 0.6) is 0 Å². The van der Waals surface area contributed by atoms with Gasteiger partial charge < -0.3 is 15.5 Å². The topological polar surface area (TPSA) is 65.9 Å². The van der Waals surface area contributed by atoms with Crippen molar-refractivity contribution in [3.63, 3.8) is 0 Å². The first-order chi connectivity index (χ1) is 13.3. The normalized spacial score (nSPS) is 19.5. The number of thiocarbonyl (C=S) groups is 1. The van der Waals surface area contributed by atoms with Gasteiger partial charge in [0.05, 0.1) is 24.0 Å². The number of anilines is 1. The minimum Gasteiger partial charge on any atom is -0.354 e. The average molecular weight is 420 g/mol. The summed E-state index contributed by atoms with van der Waals surface area (Å²) in [6.45, 7) is 3.13. The van der Waals surface area contributed by atoms with Crippen LogP contribution in [0.1, 0.15) is 12.0 Å². The highest BCUT2D eigenvalue weighted by Gasteiger charge is 2.26. The molecule has 0 spiro atoms. The van der Waals surface area contributed by atoms with Gasteiger partial charge in [0, 0.05) is 31.8 Å². The SMILES string of the molecule is CN(C)S(=O)(=O)c1cccc(NC(=S)N[C@@H]2CC[NH+](Cc3ccccc3)C2)c1. The molecule has 2 aromatic carbocycles. The van der Waals surface area contributed by atoms with Crippen LogP contribution in [-0.2, 0) is 16.6 Å². The highest BCUT2D eigenvalue weighted by atomic mass is 32.2. The zero-order valence-corrected chi connectivity index (χ0v) is 17.8. The van der Waals surface area contributed by atoms with Crippen molar-refractivity contribution in [2.75, 3.05) is 32.5 Å². The molecule has 2 atom stereocenters. The van der Waals surface area contributed by atoms with Crippen molar-refractivity contribution in [3.8, 4) is 0 Å². The summed E-state index contributed by atoms with van der Waals surface area (Å²) < 4.78 is 25.8. The van der Waals surface area contributed by atoms with Gasteiger partial charge in [0.15, 0.2) is 5.11 Å². The molecule has 8 heteroatoms. The molecule has 1 heterocycles. The summed E-state index contributed by atoms with van der Waals surface area (Å²) in [6.07, 6.45) is 1.05. The fraction of sp³-hybridized carbons (Fsp3) is 0.350. The molecule has 150 valence electrons. The van der Waals surface area contributed by atoms with Gasteiger partial charge in [-0.2, -0.15) is 0 Å². The van der Waals surface area contributed by atoms with Crippen LogP contribution in [0.2, 0.25) is 0 Å². The van der Waals surface area contributed by atoms with E-state index in [1.165, 1.54) is 28.9 Å².